The van der Waals surface area contributed by atoms with Gasteiger partial charge in [-0.15, -0.1) is 0 Å². The third-order valence-electron chi connectivity index (χ3n) is 1.83. The van der Waals surface area contributed by atoms with Gasteiger partial charge in [-0.25, -0.2) is 4.79 Å². The zero-order valence-electron chi connectivity index (χ0n) is 9.21. The molecular weight excluding hydrogens is 244 g/mol. The molecule has 1 amide bonds. The van der Waals surface area contributed by atoms with E-state index in [1.807, 2.05) is 6.26 Å². The highest BCUT2D eigenvalue weighted by atomic mass is 32.2. The van der Waals surface area contributed by atoms with Crippen molar-refractivity contribution in [3.05, 3.63) is 34.4 Å². The molecule has 0 saturated heterocycles. The first-order valence-corrected chi connectivity index (χ1v) is 6.22. The van der Waals surface area contributed by atoms with Crippen LogP contribution in [0.15, 0.2) is 24.3 Å². The van der Waals surface area contributed by atoms with E-state index in [9.17, 15) is 14.9 Å². The highest BCUT2D eigenvalue weighted by Gasteiger charge is 2.07. The smallest absolute Gasteiger partial charge is 0.410 e. The minimum absolute atomic E-state index is 0.0415. The van der Waals surface area contributed by atoms with Crippen molar-refractivity contribution in [2.24, 2.45) is 0 Å². The zero-order chi connectivity index (χ0) is 12.7. The van der Waals surface area contributed by atoms with Crippen molar-refractivity contribution in [1.29, 1.82) is 0 Å². The fourth-order valence-electron chi connectivity index (χ4n) is 1.03. The molecule has 0 fully saturated rings. The lowest BCUT2D eigenvalue weighted by atomic mass is 10.3. The van der Waals surface area contributed by atoms with Gasteiger partial charge in [-0.2, -0.15) is 11.8 Å². The number of rotatable bonds is 5. The molecule has 0 aliphatic carbocycles. The molecule has 0 bridgehead atoms. The summed E-state index contributed by atoms with van der Waals surface area (Å²) in [5.74, 6) is 1.08. The van der Waals surface area contributed by atoms with E-state index >= 15 is 0 Å². The molecule has 0 unspecified atom stereocenters. The van der Waals surface area contributed by atoms with Gasteiger partial charge in [0.2, 0.25) is 0 Å². The minimum atomic E-state index is -0.562. The number of hydrogen-bond acceptors (Lipinski definition) is 5. The first-order chi connectivity index (χ1) is 8.13. The van der Waals surface area contributed by atoms with Crippen molar-refractivity contribution in [2.75, 3.05) is 18.6 Å². The Bertz CT molecular complexity index is 394. The number of nitro groups is 1. The largest absolute Gasteiger partial charge is 0.412 e. The molecule has 92 valence electrons. The average Bonchev–Trinajstić information content (AvgIpc) is 2.30. The summed E-state index contributed by atoms with van der Waals surface area (Å²) in [6.07, 6.45) is 1.37. The number of carbonyl (C=O) groups is 1. The first kappa shape index (κ1) is 13.3. The number of carbonyl (C=O) groups excluding carboxylic acids is 1. The molecule has 0 aliphatic rings. The zero-order valence-corrected chi connectivity index (χ0v) is 10.0. The molecule has 1 N–H and O–H groups in total. The molecule has 7 heteroatoms. The van der Waals surface area contributed by atoms with Crippen LogP contribution in [0, 0.1) is 10.1 Å². The summed E-state index contributed by atoms with van der Waals surface area (Å²) in [5, 5.41) is 12.9. The van der Waals surface area contributed by atoms with Gasteiger partial charge in [0.05, 0.1) is 4.92 Å². The van der Waals surface area contributed by atoms with Crippen LogP contribution in [-0.2, 0) is 0 Å². The minimum Gasteiger partial charge on any atom is -0.410 e. The van der Waals surface area contributed by atoms with Crippen molar-refractivity contribution in [1.82, 2.24) is 5.32 Å². The molecule has 1 aromatic carbocycles. The van der Waals surface area contributed by atoms with Crippen LogP contribution in [0.3, 0.4) is 0 Å². The fourth-order valence-corrected chi connectivity index (χ4v) is 1.34. The third kappa shape index (κ3) is 4.73. The molecule has 1 rings (SSSR count). The third-order valence-corrected chi connectivity index (χ3v) is 2.45. The second-order valence-corrected chi connectivity index (χ2v) is 4.05. The summed E-state index contributed by atoms with van der Waals surface area (Å²) in [5.41, 5.74) is -0.0415. The number of hydrogen-bond donors (Lipinski definition) is 1. The van der Waals surface area contributed by atoms with E-state index in [4.69, 9.17) is 4.74 Å². The number of amides is 1. The molecule has 0 aromatic heterocycles. The lowest BCUT2D eigenvalue weighted by Crippen LogP contribution is -2.28. The van der Waals surface area contributed by atoms with Gasteiger partial charge in [-0.1, -0.05) is 0 Å². The van der Waals surface area contributed by atoms with Crippen molar-refractivity contribution >= 4 is 23.5 Å². The van der Waals surface area contributed by atoms with Gasteiger partial charge in [-0.05, 0) is 18.4 Å². The van der Waals surface area contributed by atoms with Crippen molar-refractivity contribution < 1.29 is 14.5 Å². The van der Waals surface area contributed by atoms with Crippen molar-refractivity contribution in [2.45, 2.75) is 0 Å². The standard InChI is InChI=1S/C10H12N2O4S/c1-17-7-6-11-10(13)16-9-4-2-8(3-5-9)12(14)15/h2-5H,6-7H2,1H3,(H,11,13). The maximum absolute atomic E-state index is 11.2. The second kappa shape index (κ2) is 6.74. The quantitative estimate of drug-likeness (QED) is 0.495. The van der Waals surface area contributed by atoms with Gasteiger partial charge in [-0.3, -0.25) is 10.1 Å². The van der Waals surface area contributed by atoms with Crippen LogP contribution in [-0.4, -0.2) is 29.6 Å². The Labute approximate surface area is 102 Å². The summed E-state index contributed by atoms with van der Waals surface area (Å²) in [6.45, 7) is 0.521. The Morgan fingerprint density at radius 2 is 2.12 bits per heavy atom. The fraction of sp³-hybridized carbons (Fsp3) is 0.300. The van der Waals surface area contributed by atoms with Gasteiger partial charge < -0.3 is 10.1 Å². The average molecular weight is 256 g/mol. The topological polar surface area (TPSA) is 81.5 Å². The van der Waals surface area contributed by atoms with E-state index in [0.29, 0.717) is 6.54 Å². The number of benzene rings is 1. The number of nitrogens with zero attached hydrogens (tertiary/aromatic N) is 1. The molecule has 0 aliphatic heterocycles. The Hall–Kier alpha value is -1.76. The maximum atomic E-state index is 11.2. The van der Waals surface area contributed by atoms with E-state index < -0.39 is 11.0 Å². The van der Waals surface area contributed by atoms with E-state index in [-0.39, 0.29) is 11.4 Å². The summed E-state index contributed by atoms with van der Waals surface area (Å²) in [4.78, 5) is 21.1. The molecule has 0 spiro atoms. The number of nitrogens with one attached hydrogen (secondary N) is 1. The van der Waals surface area contributed by atoms with Gasteiger partial charge in [0.1, 0.15) is 5.75 Å². The van der Waals surface area contributed by atoms with Crippen LogP contribution in [0.25, 0.3) is 0 Å². The van der Waals surface area contributed by atoms with Crippen LogP contribution in [0.5, 0.6) is 5.75 Å². The summed E-state index contributed by atoms with van der Waals surface area (Å²) < 4.78 is 4.91. The van der Waals surface area contributed by atoms with Crippen molar-refractivity contribution in [3.63, 3.8) is 0 Å². The molecular formula is C10H12N2O4S. The number of ether oxygens (including phenoxy) is 1. The van der Waals surface area contributed by atoms with Crippen LogP contribution in [0.1, 0.15) is 0 Å². The lowest BCUT2D eigenvalue weighted by Gasteiger charge is -2.05. The number of nitro benzene ring substituents is 1. The van der Waals surface area contributed by atoms with Gasteiger partial charge in [0.25, 0.3) is 5.69 Å². The monoisotopic (exact) mass is 256 g/mol. The van der Waals surface area contributed by atoms with E-state index in [1.165, 1.54) is 24.3 Å². The van der Waals surface area contributed by atoms with Crippen LogP contribution < -0.4 is 10.1 Å². The van der Waals surface area contributed by atoms with Crippen molar-refractivity contribution in [3.8, 4) is 5.75 Å². The molecule has 0 saturated carbocycles. The van der Waals surface area contributed by atoms with Gasteiger partial charge in [0, 0.05) is 24.4 Å². The molecule has 17 heavy (non-hydrogen) atoms. The highest BCUT2D eigenvalue weighted by Crippen LogP contribution is 2.17. The first-order valence-electron chi connectivity index (χ1n) is 4.82. The summed E-state index contributed by atoms with van der Waals surface area (Å²) in [7, 11) is 0. The molecule has 1 aromatic rings. The summed E-state index contributed by atoms with van der Waals surface area (Å²) >= 11 is 1.61. The Kier molecular flexibility index (Phi) is 5.28. The van der Waals surface area contributed by atoms with E-state index in [2.05, 4.69) is 5.32 Å². The molecule has 0 radical (unpaired) electrons. The predicted molar refractivity (Wildman–Crippen MR) is 65.5 cm³/mol. The number of thioether (sulfide) groups is 1. The van der Waals surface area contributed by atoms with E-state index in [1.54, 1.807) is 11.8 Å². The second-order valence-electron chi connectivity index (χ2n) is 3.06. The van der Waals surface area contributed by atoms with E-state index in [0.717, 1.165) is 5.75 Å². The Balaban J connectivity index is 2.46. The van der Waals surface area contributed by atoms with Gasteiger partial charge >= 0.3 is 6.09 Å². The highest BCUT2D eigenvalue weighted by molar-refractivity contribution is 7.98. The Morgan fingerprint density at radius 3 is 2.65 bits per heavy atom. The SMILES string of the molecule is CSCCNC(=O)Oc1ccc([N+](=O)[O-])cc1. The number of non-ortho nitro benzene ring substituents is 1. The summed E-state index contributed by atoms with van der Waals surface area (Å²) in [6, 6.07) is 5.33. The molecule has 0 atom stereocenters. The molecule has 6 nitrogen and oxygen atoms in total. The predicted octanol–water partition coefficient (Wildman–Crippen LogP) is 2.05. The normalized spacial score (nSPS) is 9.71. The van der Waals surface area contributed by atoms with Crippen LogP contribution in [0.4, 0.5) is 10.5 Å². The van der Waals surface area contributed by atoms with Gasteiger partial charge in [0.15, 0.2) is 0 Å². The Morgan fingerprint density at radius 1 is 1.47 bits per heavy atom. The lowest BCUT2D eigenvalue weighted by molar-refractivity contribution is -0.384. The molecule has 0 heterocycles. The van der Waals surface area contributed by atoms with Crippen LogP contribution in [0.2, 0.25) is 0 Å². The van der Waals surface area contributed by atoms with Crippen LogP contribution >= 0.6 is 11.8 Å². The maximum Gasteiger partial charge on any atom is 0.412 e.